The normalized spacial score (nSPS) is 18.9. The van der Waals surface area contributed by atoms with Crippen LogP contribution >= 0.6 is 15.9 Å². The van der Waals surface area contributed by atoms with Crippen LogP contribution in [0.1, 0.15) is 19.8 Å². The first-order valence-corrected chi connectivity index (χ1v) is 6.71. The van der Waals surface area contributed by atoms with Crippen LogP contribution in [0.5, 0.6) is 0 Å². The molecule has 3 N–H and O–H groups in total. The molecule has 0 saturated carbocycles. The third kappa shape index (κ3) is 3.33. The van der Waals surface area contributed by atoms with Crippen LogP contribution in [0.3, 0.4) is 0 Å². The molecular formula is C12H18BrN3O. The lowest BCUT2D eigenvalue weighted by molar-refractivity contribution is 0.0622. The van der Waals surface area contributed by atoms with Gasteiger partial charge < -0.3 is 15.8 Å². The van der Waals surface area contributed by atoms with Gasteiger partial charge in [-0.15, -0.1) is 0 Å². The van der Waals surface area contributed by atoms with E-state index in [0.29, 0.717) is 17.6 Å². The summed E-state index contributed by atoms with van der Waals surface area (Å²) in [5.74, 6) is 1.51. The molecule has 0 radical (unpaired) electrons. The van der Waals surface area contributed by atoms with Crippen molar-refractivity contribution in [3.05, 3.63) is 16.7 Å². The molecule has 1 atom stereocenters. The van der Waals surface area contributed by atoms with Gasteiger partial charge in [-0.2, -0.15) is 0 Å². The Morgan fingerprint density at radius 3 is 2.88 bits per heavy atom. The van der Waals surface area contributed by atoms with Crippen molar-refractivity contribution < 1.29 is 4.74 Å². The summed E-state index contributed by atoms with van der Waals surface area (Å²) in [7, 11) is 0. The van der Waals surface area contributed by atoms with Crippen LogP contribution in [0.4, 0.5) is 11.5 Å². The Morgan fingerprint density at radius 1 is 1.53 bits per heavy atom. The SMILES string of the molecule is CC(Nc1ncc(N)cc1Br)C1CCOCC1. The van der Waals surface area contributed by atoms with E-state index in [2.05, 4.69) is 33.2 Å². The summed E-state index contributed by atoms with van der Waals surface area (Å²) in [6.07, 6.45) is 3.89. The molecule has 2 heterocycles. The third-order valence-corrected chi connectivity index (χ3v) is 3.80. The Morgan fingerprint density at radius 2 is 2.24 bits per heavy atom. The monoisotopic (exact) mass is 299 g/mol. The van der Waals surface area contributed by atoms with Gasteiger partial charge in [-0.05, 0) is 47.7 Å². The van der Waals surface area contributed by atoms with Crippen molar-refractivity contribution >= 4 is 27.4 Å². The number of pyridine rings is 1. The van der Waals surface area contributed by atoms with Crippen molar-refractivity contribution in [2.24, 2.45) is 5.92 Å². The van der Waals surface area contributed by atoms with Gasteiger partial charge in [0.05, 0.1) is 16.4 Å². The maximum atomic E-state index is 5.66. The molecule has 17 heavy (non-hydrogen) atoms. The number of anilines is 2. The van der Waals surface area contributed by atoms with Crippen molar-refractivity contribution in [1.29, 1.82) is 0 Å². The predicted octanol–water partition coefficient (Wildman–Crippen LogP) is 2.65. The molecule has 0 bridgehead atoms. The maximum absolute atomic E-state index is 5.66. The fraction of sp³-hybridized carbons (Fsp3) is 0.583. The highest BCUT2D eigenvalue weighted by Crippen LogP contribution is 2.26. The van der Waals surface area contributed by atoms with Crippen LogP contribution in [-0.4, -0.2) is 24.2 Å². The van der Waals surface area contributed by atoms with E-state index in [9.17, 15) is 0 Å². The Hall–Kier alpha value is -0.810. The zero-order valence-corrected chi connectivity index (χ0v) is 11.5. The number of ether oxygens (including phenoxy) is 1. The number of nitrogen functional groups attached to an aromatic ring is 1. The molecule has 5 heteroatoms. The van der Waals surface area contributed by atoms with E-state index >= 15 is 0 Å². The van der Waals surface area contributed by atoms with Crippen molar-refractivity contribution in [2.75, 3.05) is 24.3 Å². The average Bonchev–Trinajstić information content (AvgIpc) is 2.34. The number of nitrogens with two attached hydrogens (primary N) is 1. The van der Waals surface area contributed by atoms with E-state index in [-0.39, 0.29) is 0 Å². The van der Waals surface area contributed by atoms with E-state index in [1.165, 1.54) is 0 Å². The van der Waals surface area contributed by atoms with E-state index in [0.717, 1.165) is 36.3 Å². The predicted molar refractivity (Wildman–Crippen MR) is 73.0 cm³/mol. The molecule has 1 aromatic heterocycles. The highest BCUT2D eigenvalue weighted by atomic mass is 79.9. The molecule has 1 saturated heterocycles. The zero-order chi connectivity index (χ0) is 12.3. The minimum atomic E-state index is 0.395. The minimum Gasteiger partial charge on any atom is -0.397 e. The number of hydrogen-bond donors (Lipinski definition) is 2. The summed E-state index contributed by atoms with van der Waals surface area (Å²) in [6.45, 7) is 3.93. The van der Waals surface area contributed by atoms with Gasteiger partial charge in [-0.1, -0.05) is 0 Å². The fourth-order valence-electron chi connectivity index (χ4n) is 2.11. The van der Waals surface area contributed by atoms with Crippen molar-refractivity contribution in [3.8, 4) is 0 Å². The topological polar surface area (TPSA) is 60.2 Å². The lowest BCUT2D eigenvalue weighted by atomic mass is 9.93. The fourth-order valence-corrected chi connectivity index (χ4v) is 2.59. The van der Waals surface area contributed by atoms with Gasteiger partial charge in [0.2, 0.25) is 0 Å². The van der Waals surface area contributed by atoms with Gasteiger partial charge in [0.15, 0.2) is 0 Å². The summed E-state index contributed by atoms with van der Waals surface area (Å²) < 4.78 is 6.28. The van der Waals surface area contributed by atoms with Gasteiger partial charge in [0.1, 0.15) is 5.82 Å². The number of rotatable bonds is 3. The smallest absolute Gasteiger partial charge is 0.140 e. The van der Waals surface area contributed by atoms with E-state index < -0.39 is 0 Å². The Labute approximate surface area is 110 Å². The summed E-state index contributed by atoms with van der Waals surface area (Å²) in [5, 5.41) is 3.44. The maximum Gasteiger partial charge on any atom is 0.140 e. The molecule has 94 valence electrons. The molecule has 1 aromatic rings. The van der Waals surface area contributed by atoms with Crippen LogP contribution < -0.4 is 11.1 Å². The molecule has 1 aliphatic rings. The molecule has 2 rings (SSSR count). The van der Waals surface area contributed by atoms with Gasteiger partial charge in [-0.25, -0.2) is 4.98 Å². The van der Waals surface area contributed by atoms with Crippen LogP contribution in [-0.2, 0) is 4.74 Å². The molecule has 0 spiro atoms. The van der Waals surface area contributed by atoms with Crippen molar-refractivity contribution in [2.45, 2.75) is 25.8 Å². The highest BCUT2D eigenvalue weighted by molar-refractivity contribution is 9.10. The first-order valence-electron chi connectivity index (χ1n) is 5.92. The van der Waals surface area contributed by atoms with E-state index in [1.807, 2.05) is 6.07 Å². The van der Waals surface area contributed by atoms with Crippen LogP contribution in [0.2, 0.25) is 0 Å². The molecule has 0 aromatic carbocycles. The quantitative estimate of drug-likeness (QED) is 0.901. The van der Waals surface area contributed by atoms with Crippen molar-refractivity contribution in [1.82, 2.24) is 4.98 Å². The van der Waals surface area contributed by atoms with Gasteiger partial charge in [-0.3, -0.25) is 0 Å². The average molecular weight is 300 g/mol. The third-order valence-electron chi connectivity index (χ3n) is 3.20. The molecule has 1 fully saturated rings. The Kier molecular flexibility index (Phi) is 4.23. The second-order valence-electron chi connectivity index (χ2n) is 4.48. The molecule has 1 unspecified atom stereocenters. The number of halogens is 1. The van der Waals surface area contributed by atoms with Crippen molar-refractivity contribution in [3.63, 3.8) is 0 Å². The Bertz CT molecular complexity index is 380. The molecule has 1 aliphatic heterocycles. The standard InChI is InChI=1S/C12H18BrN3O/c1-8(9-2-4-17-5-3-9)16-12-11(13)6-10(14)7-15-12/h6-9H,2-5,14H2,1H3,(H,15,16). The highest BCUT2D eigenvalue weighted by Gasteiger charge is 2.21. The Balaban J connectivity index is 1.99. The minimum absolute atomic E-state index is 0.395. The summed E-state index contributed by atoms with van der Waals surface area (Å²) in [5.41, 5.74) is 6.33. The van der Waals surface area contributed by atoms with E-state index in [4.69, 9.17) is 10.5 Å². The van der Waals surface area contributed by atoms with E-state index in [1.54, 1.807) is 6.20 Å². The molecule has 0 aliphatic carbocycles. The number of hydrogen-bond acceptors (Lipinski definition) is 4. The largest absolute Gasteiger partial charge is 0.397 e. The lowest BCUT2D eigenvalue weighted by Crippen LogP contribution is -2.31. The first kappa shape index (κ1) is 12.6. The van der Waals surface area contributed by atoms with Gasteiger partial charge >= 0.3 is 0 Å². The lowest BCUT2D eigenvalue weighted by Gasteiger charge is -2.29. The first-order chi connectivity index (χ1) is 8.16. The molecular weight excluding hydrogens is 282 g/mol. The molecule has 0 amide bonds. The molecule has 4 nitrogen and oxygen atoms in total. The zero-order valence-electron chi connectivity index (χ0n) is 9.95. The van der Waals surface area contributed by atoms with Crippen LogP contribution in [0.15, 0.2) is 16.7 Å². The van der Waals surface area contributed by atoms with Crippen LogP contribution in [0.25, 0.3) is 0 Å². The summed E-state index contributed by atoms with van der Waals surface area (Å²) >= 11 is 3.47. The van der Waals surface area contributed by atoms with Gasteiger partial charge in [0.25, 0.3) is 0 Å². The second kappa shape index (κ2) is 5.69. The second-order valence-corrected chi connectivity index (χ2v) is 5.34. The number of aromatic nitrogens is 1. The number of nitrogens with one attached hydrogen (secondary N) is 1. The number of nitrogens with zero attached hydrogens (tertiary/aromatic N) is 1. The van der Waals surface area contributed by atoms with Crippen LogP contribution in [0, 0.1) is 5.92 Å². The summed E-state index contributed by atoms with van der Waals surface area (Å²) in [4.78, 5) is 4.30. The van der Waals surface area contributed by atoms with Gasteiger partial charge in [0, 0.05) is 19.3 Å². The summed E-state index contributed by atoms with van der Waals surface area (Å²) in [6, 6.07) is 2.26.